The van der Waals surface area contributed by atoms with Crippen LogP contribution in [0.2, 0.25) is 0 Å². The quantitative estimate of drug-likeness (QED) is 0.303. The highest BCUT2D eigenvalue weighted by Gasteiger charge is 2.34. The van der Waals surface area contributed by atoms with Crippen molar-refractivity contribution >= 4 is 23.7 Å². The largest absolute Gasteiger partial charge is 0.329 e. The minimum absolute atomic E-state index is 0.0344. The second-order valence-corrected chi connectivity index (χ2v) is 6.55. The van der Waals surface area contributed by atoms with Crippen LogP contribution in [0.5, 0.6) is 0 Å². The summed E-state index contributed by atoms with van der Waals surface area (Å²) in [5.41, 5.74) is 1.49. The van der Waals surface area contributed by atoms with Gasteiger partial charge in [-0.05, 0) is 36.4 Å². The molecule has 0 radical (unpaired) electrons. The second kappa shape index (κ2) is 7.63. The van der Waals surface area contributed by atoms with Crippen LogP contribution in [0.4, 0.5) is 14.9 Å². The number of nitrogens with zero attached hydrogens (tertiary/aromatic N) is 3. The average Bonchev–Trinajstić information content (AvgIpc) is 3.30. The number of rotatable bonds is 5. The van der Waals surface area contributed by atoms with Crippen molar-refractivity contribution in [2.75, 3.05) is 0 Å². The van der Waals surface area contributed by atoms with Crippen molar-refractivity contribution in [3.05, 3.63) is 99.7 Å². The van der Waals surface area contributed by atoms with Gasteiger partial charge in [0.15, 0.2) is 0 Å². The first-order valence-electron chi connectivity index (χ1n) is 8.94. The zero-order chi connectivity index (χ0) is 21.3. The molecule has 1 fully saturated rings. The van der Waals surface area contributed by atoms with Crippen LogP contribution in [-0.4, -0.2) is 26.3 Å². The van der Waals surface area contributed by atoms with Crippen LogP contribution in [0.25, 0.3) is 11.8 Å². The Labute approximate surface area is 170 Å². The molecule has 2 aromatic carbocycles. The molecule has 0 aliphatic carbocycles. The molecule has 1 aliphatic rings. The predicted octanol–water partition coefficient (Wildman–Crippen LogP) is 3.62. The van der Waals surface area contributed by atoms with E-state index in [0.717, 1.165) is 4.90 Å². The van der Waals surface area contributed by atoms with Gasteiger partial charge in [-0.3, -0.25) is 19.8 Å². The lowest BCUT2D eigenvalue weighted by atomic mass is 10.2. The number of nitro benzene ring substituents is 1. The second-order valence-electron chi connectivity index (χ2n) is 6.55. The van der Waals surface area contributed by atoms with Gasteiger partial charge in [-0.2, -0.15) is 0 Å². The molecule has 0 saturated carbocycles. The smallest absolute Gasteiger partial charge is 0.317 e. The van der Waals surface area contributed by atoms with Gasteiger partial charge >= 0.3 is 6.03 Å². The van der Waals surface area contributed by atoms with E-state index in [1.807, 2.05) is 0 Å². The lowest BCUT2D eigenvalue weighted by Crippen LogP contribution is -2.30. The third-order valence-corrected chi connectivity index (χ3v) is 4.66. The first kappa shape index (κ1) is 19.1. The summed E-state index contributed by atoms with van der Waals surface area (Å²) in [5, 5.41) is 13.3. The molecule has 150 valence electrons. The van der Waals surface area contributed by atoms with E-state index in [4.69, 9.17) is 0 Å². The number of benzene rings is 2. The van der Waals surface area contributed by atoms with Crippen molar-refractivity contribution < 1.29 is 18.9 Å². The first-order valence-corrected chi connectivity index (χ1v) is 8.94. The Balaban J connectivity index is 1.60. The molecule has 3 aromatic rings. The molecule has 0 bridgehead atoms. The number of hydrogen-bond acceptors (Lipinski definition) is 4. The van der Waals surface area contributed by atoms with Gasteiger partial charge in [0, 0.05) is 35.3 Å². The molecular weight excluding hydrogens is 391 g/mol. The molecule has 4 rings (SSSR count). The topological polar surface area (TPSA) is 97.5 Å². The van der Waals surface area contributed by atoms with Crippen molar-refractivity contribution in [1.29, 1.82) is 0 Å². The van der Waals surface area contributed by atoms with Crippen LogP contribution in [0.15, 0.2) is 72.6 Å². The molecule has 30 heavy (non-hydrogen) atoms. The highest BCUT2D eigenvalue weighted by Crippen LogP contribution is 2.21. The average molecular weight is 406 g/mol. The van der Waals surface area contributed by atoms with Gasteiger partial charge in [0.25, 0.3) is 11.6 Å². The van der Waals surface area contributed by atoms with E-state index in [1.54, 1.807) is 41.1 Å². The number of carbonyl (C=O) groups is 2. The van der Waals surface area contributed by atoms with Crippen LogP contribution in [0.3, 0.4) is 0 Å². The van der Waals surface area contributed by atoms with Crippen molar-refractivity contribution in [2.45, 2.75) is 6.54 Å². The SMILES string of the molecule is O=C1N/C(=C/c2cccn2-c2ccc([N+](=O)[O-])cc2)C(=O)N1Cc1ccccc1F. The predicted molar refractivity (Wildman–Crippen MR) is 106 cm³/mol. The first-order chi connectivity index (χ1) is 14.4. The van der Waals surface area contributed by atoms with E-state index in [0.29, 0.717) is 11.4 Å². The summed E-state index contributed by atoms with van der Waals surface area (Å²) < 4.78 is 15.6. The highest BCUT2D eigenvalue weighted by molar-refractivity contribution is 6.13. The molecule has 8 nitrogen and oxygen atoms in total. The van der Waals surface area contributed by atoms with E-state index >= 15 is 0 Å². The van der Waals surface area contributed by atoms with Crippen molar-refractivity contribution in [3.8, 4) is 5.69 Å². The Morgan fingerprint density at radius 3 is 2.47 bits per heavy atom. The minimum atomic E-state index is -0.636. The number of halogens is 1. The van der Waals surface area contributed by atoms with E-state index in [-0.39, 0.29) is 23.5 Å². The number of non-ortho nitro benzene ring substituents is 1. The summed E-state index contributed by atoms with van der Waals surface area (Å²) in [6, 6.07) is 14.7. The maximum atomic E-state index is 13.9. The maximum absolute atomic E-state index is 13.9. The summed E-state index contributed by atoms with van der Waals surface area (Å²) in [5.74, 6) is -1.07. The molecule has 9 heteroatoms. The summed E-state index contributed by atoms with van der Waals surface area (Å²) in [6.45, 7) is -0.182. The van der Waals surface area contributed by atoms with Gasteiger partial charge in [0.05, 0.1) is 11.5 Å². The molecule has 1 saturated heterocycles. The molecule has 1 N–H and O–H groups in total. The van der Waals surface area contributed by atoms with Crippen LogP contribution >= 0.6 is 0 Å². The molecule has 2 heterocycles. The molecule has 0 atom stereocenters. The van der Waals surface area contributed by atoms with Gasteiger partial charge in [-0.1, -0.05) is 18.2 Å². The summed E-state index contributed by atoms with van der Waals surface area (Å²) >= 11 is 0. The highest BCUT2D eigenvalue weighted by atomic mass is 19.1. The number of nitro groups is 1. The van der Waals surface area contributed by atoms with E-state index in [2.05, 4.69) is 5.32 Å². The minimum Gasteiger partial charge on any atom is -0.317 e. The Hall–Kier alpha value is -4.27. The summed E-state index contributed by atoms with van der Waals surface area (Å²) in [6.07, 6.45) is 3.23. The Morgan fingerprint density at radius 1 is 1.03 bits per heavy atom. The number of imide groups is 1. The molecule has 1 aliphatic heterocycles. The number of amides is 3. The van der Waals surface area contributed by atoms with Gasteiger partial charge < -0.3 is 9.88 Å². The monoisotopic (exact) mass is 406 g/mol. The third kappa shape index (κ3) is 3.55. The van der Waals surface area contributed by atoms with Crippen molar-refractivity contribution in [2.24, 2.45) is 0 Å². The molecule has 3 amide bonds. The molecule has 0 unspecified atom stereocenters. The van der Waals surface area contributed by atoms with Crippen molar-refractivity contribution in [1.82, 2.24) is 14.8 Å². The van der Waals surface area contributed by atoms with Gasteiger partial charge in [-0.25, -0.2) is 9.18 Å². The number of aromatic nitrogens is 1. The van der Waals surface area contributed by atoms with Crippen LogP contribution in [-0.2, 0) is 11.3 Å². The fourth-order valence-corrected chi connectivity index (χ4v) is 3.14. The van der Waals surface area contributed by atoms with Gasteiger partial charge in [0.1, 0.15) is 11.5 Å². The Morgan fingerprint density at radius 2 is 1.77 bits per heavy atom. The molecule has 1 aromatic heterocycles. The zero-order valence-corrected chi connectivity index (χ0v) is 15.5. The van der Waals surface area contributed by atoms with Gasteiger partial charge in [0.2, 0.25) is 0 Å². The third-order valence-electron chi connectivity index (χ3n) is 4.66. The Kier molecular flexibility index (Phi) is 4.85. The lowest BCUT2D eigenvalue weighted by molar-refractivity contribution is -0.384. The molecular formula is C21H15FN4O4. The number of urea groups is 1. The Bertz CT molecular complexity index is 1180. The standard InChI is InChI=1S/C21H15FN4O4/c22-18-6-2-1-4-14(18)13-25-20(27)19(23-21(25)28)12-17-5-3-11-24(17)15-7-9-16(10-8-15)26(29)30/h1-12H,13H2,(H,23,28)/b19-12+. The van der Waals surface area contributed by atoms with E-state index < -0.39 is 22.7 Å². The van der Waals surface area contributed by atoms with E-state index in [9.17, 15) is 24.1 Å². The number of carbonyl (C=O) groups excluding carboxylic acids is 2. The normalized spacial score (nSPS) is 15.0. The zero-order valence-electron chi connectivity index (χ0n) is 15.5. The maximum Gasteiger partial charge on any atom is 0.329 e. The summed E-state index contributed by atoms with van der Waals surface area (Å²) in [4.78, 5) is 36.2. The van der Waals surface area contributed by atoms with Gasteiger partial charge in [-0.15, -0.1) is 0 Å². The molecule has 0 spiro atoms. The fourth-order valence-electron chi connectivity index (χ4n) is 3.14. The van der Waals surface area contributed by atoms with E-state index in [1.165, 1.54) is 36.4 Å². The number of nitrogens with one attached hydrogen (secondary N) is 1. The fraction of sp³-hybridized carbons (Fsp3) is 0.0476. The lowest BCUT2D eigenvalue weighted by Gasteiger charge is -2.12. The van der Waals surface area contributed by atoms with Crippen molar-refractivity contribution in [3.63, 3.8) is 0 Å². The number of hydrogen-bond donors (Lipinski definition) is 1. The van der Waals surface area contributed by atoms with Crippen LogP contribution in [0, 0.1) is 15.9 Å². The van der Waals surface area contributed by atoms with Crippen LogP contribution < -0.4 is 5.32 Å². The van der Waals surface area contributed by atoms with Crippen LogP contribution in [0.1, 0.15) is 11.3 Å². The summed E-state index contributed by atoms with van der Waals surface area (Å²) in [7, 11) is 0.